The zero-order valence-corrected chi connectivity index (χ0v) is 10.3. The number of carbonyl (C=O) groups is 2. The van der Waals surface area contributed by atoms with Crippen LogP contribution in [0.2, 0.25) is 0 Å². The minimum absolute atomic E-state index is 0.218. The summed E-state index contributed by atoms with van der Waals surface area (Å²) in [6, 6.07) is 6.91. The lowest BCUT2D eigenvalue weighted by Crippen LogP contribution is -2.36. The Hall–Kier alpha value is -1.84. The summed E-state index contributed by atoms with van der Waals surface area (Å²) in [4.78, 5) is 24.3. The molecule has 1 aromatic carbocycles. The molecule has 0 bridgehead atoms. The van der Waals surface area contributed by atoms with Crippen LogP contribution in [-0.4, -0.2) is 35.0 Å². The van der Waals surface area contributed by atoms with Crippen molar-refractivity contribution in [1.82, 2.24) is 4.90 Å². The number of hydrogen-bond donors (Lipinski definition) is 1. The molecular formula is C14H17NO3. The molecule has 96 valence electrons. The van der Waals surface area contributed by atoms with Crippen LogP contribution >= 0.6 is 0 Å². The third-order valence-electron chi connectivity index (χ3n) is 3.27. The van der Waals surface area contributed by atoms with Crippen molar-refractivity contribution in [2.24, 2.45) is 0 Å². The van der Waals surface area contributed by atoms with E-state index in [1.807, 2.05) is 11.0 Å². The van der Waals surface area contributed by atoms with Gasteiger partial charge in [-0.05, 0) is 37.0 Å². The summed E-state index contributed by atoms with van der Waals surface area (Å²) in [6.45, 7) is 1.51. The van der Waals surface area contributed by atoms with Gasteiger partial charge in [0.1, 0.15) is 0 Å². The number of carbonyl (C=O) groups excluding carboxylic acids is 1. The highest BCUT2D eigenvalue weighted by molar-refractivity contribution is 5.87. The summed E-state index contributed by atoms with van der Waals surface area (Å²) < 4.78 is 0. The van der Waals surface area contributed by atoms with Gasteiger partial charge in [0.2, 0.25) is 5.91 Å². The van der Waals surface area contributed by atoms with Gasteiger partial charge in [-0.1, -0.05) is 12.1 Å². The fraction of sp³-hybridized carbons (Fsp3) is 0.429. The average Bonchev–Trinajstić information content (AvgIpc) is 2.38. The predicted octanol–water partition coefficient (Wildman–Crippen LogP) is 1.94. The van der Waals surface area contributed by atoms with Gasteiger partial charge in [-0.25, -0.2) is 4.79 Å². The van der Waals surface area contributed by atoms with Crippen molar-refractivity contribution in [3.63, 3.8) is 0 Å². The molecule has 0 aliphatic carbocycles. The monoisotopic (exact) mass is 247 g/mol. The Morgan fingerprint density at radius 3 is 2.89 bits per heavy atom. The van der Waals surface area contributed by atoms with Crippen LogP contribution in [0.3, 0.4) is 0 Å². The van der Waals surface area contributed by atoms with Crippen molar-refractivity contribution in [3.05, 3.63) is 35.4 Å². The molecule has 1 saturated heterocycles. The number of rotatable bonds is 4. The second-order valence-corrected chi connectivity index (χ2v) is 4.59. The van der Waals surface area contributed by atoms with Crippen molar-refractivity contribution in [1.29, 1.82) is 0 Å². The van der Waals surface area contributed by atoms with Gasteiger partial charge in [-0.2, -0.15) is 0 Å². The Balaban J connectivity index is 1.95. The molecule has 1 aliphatic rings. The van der Waals surface area contributed by atoms with Crippen molar-refractivity contribution < 1.29 is 14.7 Å². The molecule has 0 aromatic heterocycles. The number of hydrogen-bond acceptors (Lipinski definition) is 2. The first-order chi connectivity index (χ1) is 8.66. The first-order valence-electron chi connectivity index (χ1n) is 6.27. The number of benzene rings is 1. The van der Waals surface area contributed by atoms with Crippen molar-refractivity contribution >= 4 is 11.9 Å². The van der Waals surface area contributed by atoms with Crippen molar-refractivity contribution in [2.45, 2.75) is 25.7 Å². The van der Waals surface area contributed by atoms with Gasteiger partial charge in [-0.3, -0.25) is 4.79 Å². The quantitative estimate of drug-likeness (QED) is 0.884. The molecule has 0 radical (unpaired) electrons. The van der Waals surface area contributed by atoms with E-state index in [4.69, 9.17) is 5.11 Å². The fourth-order valence-electron chi connectivity index (χ4n) is 2.22. The van der Waals surface area contributed by atoms with Crippen LogP contribution in [0.5, 0.6) is 0 Å². The minimum atomic E-state index is -0.911. The van der Waals surface area contributed by atoms with Gasteiger partial charge >= 0.3 is 5.97 Å². The lowest BCUT2D eigenvalue weighted by atomic mass is 10.1. The first-order valence-corrected chi connectivity index (χ1v) is 6.27. The average molecular weight is 247 g/mol. The van der Waals surface area contributed by atoms with E-state index in [0.717, 1.165) is 24.9 Å². The standard InChI is InChI=1S/C14H17NO3/c16-13-6-1-2-8-15(13)9-7-11-4-3-5-12(10-11)14(17)18/h3-5,10H,1-2,6-9H2,(H,17,18). The van der Waals surface area contributed by atoms with E-state index in [1.165, 1.54) is 0 Å². The number of piperidine rings is 1. The normalized spacial score (nSPS) is 15.8. The molecule has 4 heteroatoms. The van der Waals surface area contributed by atoms with Crippen LogP contribution in [0.4, 0.5) is 0 Å². The lowest BCUT2D eigenvalue weighted by Gasteiger charge is -2.26. The smallest absolute Gasteiger partial charge is 0.335 e. The number of aromatic carboxylic acids is 1. The van der Waals surface area contributed by atoms with E-state index in [9.17, 15) is 9.59 Å². The van der Waals surface area contributed by atoms with Gasteiger partial charge in [0.15, 0.2) is 0 Å². The highest BCUT2D eigenvalue weighted by Gasteiger charge is 2.17. The summed E-state index contributed by atoms with van der Waals surface area (Å²) >= 11 is 0. The van der Waals surface area contributed by atoms with Gasteiger partial charge in [0.25, 0.3) is 0 Å². The maximum absolute atomic E-state index is 11.6. The minimum Gasteiger partial charge on any atom is -0.478 e. The first kappa shape index (κ1) is 12.6. The number of carboxylic acid groups (broad SMARTS) is 1. The summed E-state index contributed by atoms with van der Waals surface area (Å²) in [6.07, 6.45) is 3.42. The molecule has 2 rings (SSSR count). The molecule has 0 atom stereocenters. The van der Waals surface area contributed by atoms with Crippen LogP contribution in [-0.2, 0) is 11.2 Å². The Morgan fingerprint density at radius 2 is 2.17 bits per heavy atom. The van der Waals surface area contributed by atoms with E-state index in [0.29, 0.717) is 24.9 Å². The number of carboxylic acids is 1. The van der Waals surface area contributed by atoms with Gasteiger partial charge in [-0.15, -0.1) is 0 Å². The molecule has 0 unspecified atom stereocenters. The van der Waals surface area contributed by atoms with Crippen LogP contribution in [0.1, 0.15) is 35.2 Å². The third kappa shape index (κ3) is 3.09. The van der Waals surface area contributed by atoms with Gasteiger partial charge in [0.05, 0.1) is 5.56 Å². The highest BCUT2D eigenvalue weighted by Crippen LogP contribution is 2.12. The number of nitrogens with zero attached hydrogens (tertiary/aromatic N) is 1. The van der Waals surface area contributed by atoms with E-state index in [-0.39, 0.29) is 5.91 Å². The summed E-state index contributed by atoms with van der Waals surface area (Å²) in [5.41, 5.74) is 1.27. The second-order valence-electron chi connectivity index (χ2n) is 4.59. The van der Waals surface area contributed by atoms with Crippen molar-refractivity contribution in [2.75, 3.05) is 13.1 Å². The van der Waals surface area contributed by atoms with E-state index < -0.39 is 5.97 Å². The SMILES string of the molecule is O=C(O)c1cccc(CCN2CCCCC2=O)c1. The number of amides is 1. The molecule has 1 amide bonds. The largest absolute Gasteiger partial charge is 0.478 e. The second kappa shape index (κ2) is 5.67. The molecule has 1 aliphatic heterocycles. The van der Waals surface area contributed by atoms with Gasteiger partial charge in [0, 0.05) is 19.5 Å². The molecule has 4 nitrogen and oxygen atoms in total. The Bertz CT molecular complexity index is 456. The number of likely N-dealkylation sites (tertiary alicyclic amines) is 1. The van der Waals surface area contributed by atoms with Crippen LogP contribution in [0.15, 0.2) is 24.3 Å². The zero-order chi connectivity index (χ0) is 13.0. The molecule has 1 aromatic rings. The molecule has 1 N–H and O–H groups in total. The van der Waals surface area contributed by atoms with E-state index in [1.54, 1.807) is 18.2 Å². The lowest BCUT2D eigenvalue weighted by molar-refractivity contribution is -0.133. The van der Waals surface area contributed by atoms with Crippen LogP contribution in [0.25, 0.3) is 0 Å². The Kier molecular flexibility index (Phi) is 3.97. The van der Waals surface area contributed by atoms with Crippen LogP contribution in [0, 0.1) is 0 Å². The fourth-order valence-corrected chi connectivity index (χ4v) is 2.22. The molecule has 1 fully saturated rings. The molecule has 0 spiro atoms. The third-order valence-corrected chi connectivity index (χ3v) is 3.27. The van der Waals surface area contributed by atoms with Gasteiger partial charge < -0.3 is 10.0 Å². The highest BCUT2D eigenvalue weighted by atomic mass is 16.4. The van der Waals surface area contributed by atoms with Crippen molar-refractivity contribution in [3.8, 4) is 0 Å². The molecule has 18 heavy (non-hydrogen) atoms. The maximum Gasteiger partial charge on any atom is 0.335 e. The molecular weight excluding hydrogens is 230 g/mol. The molecule has 1 heterocycles. The Morgan fingerprint density at radius 1 is 1.33 bits per heavy atom. The Labute approximate surface area is 106 Å². The van der Waals surface area contributed by atoms with E-state index >= 15 is 0 Å². The van der Waals surface area contributed by atoms with E-state index in [2.05, 4.69) is 0 Å². The topological polar surface area (TPSA) is 57.6 Å². The summed E-state index contributed by atoms with van der Waals surface area (Å²) in [5.74, 6) is -0.693. The zero-order valence-electron chi connectivity index (χ0n) is 10.3. The summed E-state index contributed by atoms with van der Waals surface area (Å²) in [5, 5.41) is 8.90. The van der Waals surface area contributed by atoms with Crippen LogP contribution < -0.4 is 0 Å². The maximum atomic E-state index is 11.6. The summed E-state index contributed by atoms with van der Waals surface area (Å²) in [7, 11) is 0. The molecule has 0 saturated carbocycles. The predicted molar refractivity (Wildman–Crippen MR) is 67.5 cm³/mol.